The Morgan fingerprint density at radius 1 is 1.03 bits per heavy atom. The summed E-state index contributed by atoms with van der Waals surface area (Å²) in [6, 6.07) is 9.86. The Balaban J connectivity index is 1.39. The first-order valence-electron chi connectivity index (χ1n) is 10.5. The summed E-state index contributed by atoms with van der Waals surface area (Å²) < 4.78 is 0. The van der Waals surface area contributed by atoms with Gasteiger partial charge < -0.3 is 20.0 Å². The minimum atomic E-state index is -0.203. The van der Waals surface area contributed by atoms with Crippen molar-refractivity contribution in [2.24, 2.45) is 5.92 Å². The number of hydrogen-bond acceptors (Lipinski definition) is 6. The normalized spacial score (nSPS) is 20.6. The fourth-order valence-electron chi connectivity index (χ4n) is 4.06. The molecule has 3 heterocycles. The summed E-state index contributed by atoms with van der Waals surface area (Å²) in [5, 5.41) is 2.96. The summed E-state index contributed by atoms with van der Waals surface area (Å²) in [5.74, 6) is 1.28. The number of piperidine rings is 1. The summed E-state index contributed by atoms with van der Waals surface area (Å²) in [6.45, 7) is 8.42. The van der Waals surface area contributed by atoms with Crippen LogP contribution in [0.15, 0.2) is 36.7 Å². The maximum Gasteiger partial charge on any atom is 0.274 e. The number of carbonyl (C=O) groups excluding carboxylic acids is 1. The van der Waals surface area contributed by atoms with Crippen LogP contribution in [0.1, 0.15) is 30.3 Å². The number of likely N-dealkylation sites (N-methyl/N-ethyl adjacent to an activating group) is 1. The van der Waals surface area contributed by atoms with Crippen LogP contribution >= 0.6 is 0 Å². The van der Waals surface area contributed by atoms with Crippen LogP contribution in [-0.2, 0) is 0 Å². The Morgan fingerprint density at radius 3 is 2.52 bits per heavy atom. The van der Waals surface area contributed by atoms with E-state index in [1.54, 1.807) is 6.07 Å². The number of hydrogen-bond donors (Lipinski definition) is 1. The highest BCUT2D eigenvalue weighted by molar-refractivity contribution is 6.03. The van der Waals surface area contributed by atoms with E-state index >= 15 is 0 Å². The molecule has 1 aromatic carbocycles. The van der Waals surface area contributed by atoms with Crippen LogP contribution in [0.5, 0.6) is 0 Å². The number of carbonyl (C=O) groups is 1. The highest BCUT2D eigenvalue weighted by Crippen LogP contribution is 2.22. The predicted octanol–water partition coefficient (Wildman–Crippen LogP) is 2.72. The second kappa shape index (κ2) is 8.78. The molecule has 4 rings (SSSR count). The molecular formula is C22H30N6O. The van der Waals surface area contributed by atoms with Gasteiger partial charge in [-0.15, -0.1) is 0 Å². The van der Waals surface area contributed by atoms with E-state index in [0.717, 1.165) is 57.2 Å². The first kappa shape index (κ1) is 19.6. The molecule has 2 aliphatic rings. The smallest absolute Gasteiger partial charge is 0.274 e. The molecule has 0 spiro atoms. The molecule has 2 aromatic rings. The van der Waals surface area contributed by atoms with Gasteiger partial charge in [0.05, 0.1) is 0 Å². The minimum Gasteiger partial charge on any atom is -0.369 e. The van der Waals surface area contributed by atoms with Crippen LogP contribution in [0, 0.1) is 5.92 Å². The Labute approximate surface area is 172 Å². The van der Waals surface area contributed by atoms with Crippen molar-refractivity contribution in [1.82, 2.24) is 14.9 Å². The molecule has 2 aliphatic heterocycles. The van der Waals surface area contributed by atoms with Gasteiger partial charge >= 0.3 is 0 Å². The molecule has 7 heteroatoms. The molecule has 0 radical (unpaired) electrons. The van der Waals surface area contributed by atoms with Crippen molar-refractivity contribution in [3.8, 4) is 0 Å². The van der Waals surface area contributed by atoms with E-state index < -0.39 is 0 Å². The lowest BCUT2D eigenvalue weighted by Crippen LogP contribution is -2.44. The molecule has 2 fully saturated rings. The van der Waals surface area contributed by atoms with Gasteiger partial charge in [-0.2, -0.15) is 0 Å². The van der Waals surface area contributed by atoms with Gasteiger partial charge in [-0.25, -0.2) is 9.97 Å². The van der Waals surface area contributed by atoms with E-state index in [1.807, 2.05) is 12.1 Å². The summed E-state index contributed by atoms with van der Waals surface area (Å²) in [4.78, 5) is 28.2. The van der Waals surface area contributed by atoms with Gasteiger partial charge in [-0.3, -0.25) is 4.79 Å². The standard InChI is InChI=1S/C22H30N6O/c1-17-4-3-9-28(15-17)21-14-20(23-16-24-21)22(29)25-18-5-7-19(8-6-18)27-12-10-26(2)11-13-27/h5-8,14,16-17H,3-4,9-13,15H2,1-2H3,(H,25,29). The maximum absolute atomic E-state index is 12.7. The fraction of sp³-hybridized carbons (Fsp3) is 0.500. The minimum absolute atomic E-state index is 0.203. The molecule has 1 amide bonds. The van der Waals surface area contributed by atoms with E-state index in [4.69, 9.17) is 0 Å². The van der Waals surface area contributed by atoms with Gasteiger partial charge in [0.25, 0.3) is 5.91 Å². The van der Waals surface area contributed by atoms with Crippen molar-refractivity contribution in [3.05, 3.63) is 42.4 Å². The highest BCUT2D eigenvalue weighted by atomic mass is 16.1. The van der Waals surface area contributed by atoms with Crippen molar-refractivity contribution in [3.63, 3.8) is 0 Å². The molecule has 0 aliphatic carbocycles. The van der Waals surface area contributed by atoms with Crippen LogP contribution in [0.4, 0.5) is 17.2 Å². The van der Waals surface area contributed by atoms with Gasteiger partial charge in [0.15, 0.2) is 0 Å². The Bertz CT molecular complexity index is 831. The molecule has 0 saturated carbocycles. The average Bonchev–Trinajstić information content (AvgIpc) is 2.75. The van der Waals surface area contributed by atoms with Gasteiger partial charge in [0.2, 0.25) is 0 Å². The zero-order chi connectivity index (χ0) is 20.2. The maximum atomic E-state index is 12.7. The largest absolute Gasteiger partial charge is 0.369 e. The van der Waals surface area contributed by atoms with E-state index in [1.165, 1.54) is 18.4 Å². The molecule has 29 heavy (non-hydrogen) atoms. The van der Waals surface area contributed by atoms with E-state index in [2.05, 4.69) is 56.1 Å². The number of nitrogens with one attached hydrogen (secondary N) is 1. The monoisotopic (exact) mass is 394 g/mol. The van der Waals surface area contributed by atoms with E-state index in [-0.39, 0.29) is 5.91 Å². The zero-order valence-electron chi connectivity index (χ0n) is 17.3. The van der Waals surface area contributed by atoms with Crippen molar-refractivity contribution >= 4 is 23.1 Å². The molecule has 1 atom stereocenters. The second-order valence-electron chi connectivity index (χ2n) is 8.25. The molecule has 1 N–H and O–H groups in total. The summed E-state index contributed by atoms with van der Waals surface area (Å²) in [6.07, 6.45) is 3.89. The van der Waals surface area contributed by atoms with Gasteiger partial charge in [-0.05, 0) is 50.1 Å². The van der Waals surface area contributed by atoms with E-state index in [9.17, 15) is 4.79 Å². The van der Waals surface area contributed by atoms with Gasteiger partial charge in [-0.1, -0.05) is 6.92 Å². The van der Waals surface area contributed by atoms with Crippen LogP contribution in [0.3, 0.4) is 0 Å². The summed E-state index contributed by atoms with van der Waals surface area (Å²) >= 11 is 0. The third kappa shape index (κ3) is 4.85. The van der Waals surface area contributed by atoms with Gasteiger partial charge in [0.1, 0.15) is 17.8 Å². The molecular weight excluding hydrogens is 364 g/mol. The average molecular weight is 395 g/mol. The highest BCUT2D eigenvalue weighted by Gasteiger charge is 2.19. The number of piperazine rings is 1. The number of benzene rings is 1. The van der Waals surface area contributed by atoms with Crippen molar-refractivity contribution in [1.29, 1.82) is 0 Å². The van der Waals surface area contributed by atoms with Crippen molar-refractivity contribution in [2.75, 3.05) is 61.4 Å². The lowest BCUT2D eigenvalue weighted by molar-refractivity contribution is 0.102. The van der Waals surface area contributed by atoms with Crippen molar-refractivity contribution < 1.29 is 4.79 Å². The topological polar surface area (TPSA) is 64.6 Å². The van der Waals surface area contributed by atoms with Gasteiger partial charge in [0, 0.05) is 56.7 Å². The number of anilines is 3. The quantitative estimate of drug-likeness (QED) is 0.860. The number of rotatable bonds is 4. The number of amides is 1. The van der Waals surface area contributed by atoms with Crippen LogP contribution in [-0.4, -0.2) is 67.1 Å². The Morgan fingerprint density at radius 2 is 1.79 bits per heavy atom. The molecule has 7 nitrogen and oxygen atoms in total. The molecule has 1 aromatic heterocycles. The Kier molecular flexibility index (Phi) is 5.94. The zero-order valence-corrected chi connectivity index (χ0v) is 17.3. The van der Waals surface area contributed by atoms with Crippen LogP contribution < -0.4 is 15.1 Å². The lowest BCUT2D eigenvalue weighted by Gasteiger charge is -2.34. The summed E-state index contributed by atoms with van der Waals surface area (Å²) in [5.41, 5.74) is 2.37. The summed E-state index contributed by atoms with van der Waals surface area (Å²) in [7, 11) is 2.15. The molecule has 0 bridgehead atoms. The molecule has 154 valence electrons. The first-order chi connectivity index (χ1) is 14.1. The van der Waals surface area contributed by atoms with E-state index in [0.29, 0.717) is 11.6 Å². The number of aromatic nitrogens is 2. The second-order valence-corrected chi connectivity index (χ2v) is 8.25. The SMILES string of the molecule is CC1CCCN(c2cc(C(=O)Nc3ccc(N4CCN(C)CC4)cc3)ncn2)C1. The van der Waals surface area contributed by atoms with Crippen LogP contribution in [0.25, 0.3) is 0 Å². The van der Waals surface area contributed by atoms with Crippen LogP contribution in [0.2, 0.25) is 0 Å². The third-order valence-corrected chi connectivity index (χ3v) is 5.86. The lowest BCUT2D eigenvalue weighted by atomic mass is 10.0. The van der Waals surface area contributed by atoms with Crippen molar-refractivity contribution in [2.45, 2.75) is 19.8 Å². The molecule has 2 saturated heterocycles. The fourth-order valence-corrected chi connectivity index (χ4v) is 4.06. The predicted molar refractivity (Wildman–Crippen MR) is 117 cm³/mol. The number of nitrogens with zero attached hydrogens (tertiary/aromatic N) is 5. The molecule has 1 unspecified atom stereocenters. The first-order valence-corrected chi connectivity index (χ1v) is 10.5. The third-order valence-electron chi connectivity index (χ3n) is 5.86. The Hall–Kier alpha value is -2.67.